The highest BCUT2D eigenvalue weighted by atomic mass is 28.3. The largest absolute Gasteiger partial charge is 0.480 e. The van der Waals surface area contributed by atoms with Gasteiger partial charge in [0.25, 0.3) is 0 Å². The van der Waals surface area contributed by atoms with Crippen LogP contribution in [0.5, 0.6) is 0 Å². The first-order valence-electron chi connectivity index (χ1n) is 3.47. The van der Waals surface area contributed by atoms with E-state index in [1.807, 2.05) is 0 Å². The summed E-state index contributed by atoms with van der Waals surface area (Å²) in [5, 5.41) is 11.6. The van der Waals surface area contributed by atoms with Crippen molar-refractivity contribution in [3.8, 4) is 0 Å². The van der Waals surface area contributed by atoms with E-state index in [9.17, 15) is 4.79 Å². The molecule has 0 aromatic carbocycles. The van der Waals surface area contributed by atoms with Gasteiger partial charge in [-0.2, -0.15) is 0 Å². The van der Waals surface area contributed by atoms with Crippen molar-refractivity contribution < 1.29 is 9.90 Å². The van der Waals surface area contributed by atoms with Crippen molar-refractivity contribution in [1.82, 2.24) is 5.32 Å². The zero-order chi connectivity index (χ0) is 7.78. The molecular weight excluding hydrogens is 146 g/mol. The standard InChI is InChI=1S/C6H13NO2Si/c1-10(2)3-5(6(8)9)7-4-10/h5,7H,3-4H2,1-2H3,(H,8,9). The van der Waals surface area contributed by atoms with E-state index in [-0.39, 0.29) is 6.04 Å². The molecule has 1 rings (SSSR count). The number of hydrogen-bond donors (Lipinski definition) is 2. The second-order valence-corrected chi connectivity index (χ2v) is 8.73. The molecule has 0 radical (unpaired) electrons. The Bertz CT molecular complexity index is 158. The van der Waals surface area contributed by atoms with Crippen molar-refractivity contribution in [2.75, 3.05) is 6.17 Å². The van der Waals surface area contributed by atoms with Crippen LogP contribution in [0, 0.1) is 0 Å². The van der Waals surface area contributed by atoms with Crippen LogP contribution < -0.4 is 5.32 Å². The van der Waals surface area contributed by atoms with Gasteiger partial charge in [-0.1, -0.05) is 13.1 Å². The van der Waals surface area contributed by atoms with Crippen molar-refractivity contribution in [3.63, 3.8) is 0 Å². The average Bonchev–Trinajstić information content (AvgIpc) is 2.10. The molecule has 58 valence electrons. The van der Waals surface area contributed by atoms with Gasteiger partial charge < -0.3 is 10.4 Å². The molecule has 0 saturated carbocycles. The molecule has 3 nitrogen and oxygen atoms in total. The molecule has 1 aliphatic heterocycles. The zero-order valence-corrected chi connectivity index (χ0v) is 7.35. The zero-order valence-electron chi connectivity index (χ0n) is 6.35. The second kappa shape index (κ2) is 2.36. The van der Waals surface area contributed by atoms with Gasteiger partial charge in [-0.05, 0) is 12.2 Å². The number of aliphatic carboxylic acids is 1. The number of rotatable bonds is 1. The summed E-state index contributed by atoms with van der Waals surface area (Å²) >= 11 is 0. The molecule has 0 aromatic rings. The van der Waals surface area contributed by atoms with Crippen LogP contribution in [-0.4, -0.2) is 31.4 Å². The molecule has 0 bridgehead atoms. The third-order valence-corrected chi connectivity index (χ3v) is 4.56. The molecule has 1 unspecified atom stereocenters. The van der Waals surface area contributed by atoms with E-state index in [4.69, 9.17) is 5.11 Å². The lowest BCUT2D eigenvalue weighted by molar-refractivity contribution is -0.138. The van der Waals surface area contributed by atoms with Crippen LogP contribution in [-0.2, 0) is 4.79 Å². The van der Waals surface area contributed by atoms with Crippen LogP contribution in [0.3, 0.4) is 0 Å². The molecule has 1 atom stereocenters. The Hall–Kier alpha value is -0.353. The molecule has 10 heavy (non-hydrogen) atoms. The summed E-state index contributed by atoms with van der Waals surface area (Å²) < 4.78 is 0. The van der Waals surface area contributed by atoms with Gasteiger partial charge >= 0.3 is 5.97 Å². The maximum atomic E-state index is 10.4. The normalized spacial score (nSPS) is 30.4. The highest BCUT2D eigenvalue weighted by Gasteiger charge is 2.35. The van der Waals surface area contributed by atoms with Gasteiger partial charge in [-0.25, -0.2) is 0 Å². The van der Waals surface area contributed by atoms with Crippen LogP contribution >= 0.6 is 0 Å². The van der Waals surface area contributed by atoms with Crippen molar-refractivity contribution >= 4 is 14.0 Å². The summed E-state index contributed by atoms with van der Waals surface area (Å²) in [5.41, 5.74) is 0. The van der Waals surface area contributed by atoms with Gasteiger partial charge in [-0.3, -0.25) is 4.79 Å². The van der Waals surface area contributed by atoms with Crippen LogP contribution in [0.4, 0.5) is 0 Å². The maximum Gasteiger partial charge on any atom is 0.320 e. The summed E-state index contributed by atoms with van der Waals surface area (Å²) in [5.74, 6) is -0.696. The quantitative estimate of drug-likeness (QED) is 0.541. The van der Waals surface area contributed by atoms with Gasteiger partial charge in [-0.15, -0.1) is 0 Å². The molecule has 1 saturated heterocycles. The van der Waals surface area contributed by atoms with Gasteiger partial charge in [0.15, 0.2) is 0 Å². The fourth-order valence-electron chi connectivity index (χ4n) is 1.27. The number of carboxylic acids is 1. The second-order valence-electron chi connectivity index (χ2n) is 3.64. The Kier molecular flexibility index (Phi) is 1.83. The number of nitrogens with one attached hydrogen (secondary N) is 1. The molecule has 1 aliphatic rings. The Morgan fingerprint density at radius 3 is 2.50 bits per heavy atom. The Balaban J connectivity index is 2.51. The Labute approximate surface area is 61.4 Å². The van der Waals surface area contributed by atoms with E-state index in [1.165, 1.54) is 0 Å². The summed E-state index contributed by atoms with van der Waals surface area (Å²) in [6.07, 6.45) is 0.948. The van der Waals surface area contributed by atoms with Crippen LogP contribution in [0.15, 0.2) is 0 Å². The molecule has 2 N–H and O–H groups in total. The SMILES string of the molecule is C[Si]1(C)CNC(C(=O)O)C1. The van der Waals surface area contributed by atoms with Gasteiger partial charge in [0.1, 0.15) is 6.04 Å². The minimum Gasteiger partial charge on any atom is -0.480 e. The minimum atomic E-state index is -1.16. The van der Waals surface area contributed by atoms with Crippen LogP contribution in [0.25, 0.3) is 0 Å². The van der Waals surface area contributed by atoms with E-state index < -0.39 is 14.0 Å². The van der Waals surface area contributed by atoms with Crippen molar-refractivity contribution in [3.05, 3.63) is 0 Å². The molecule has 0 amide bonds. The maximum absolute atomic E-state index is 10.4. The van der Waals surface area contributed by atoms with E-state index >= 15 is 0 Å². The molecule has 4 heteroatoms. The fourth-order valence-corrected chi connectivity index (χ4v) is 3.64. The predicted molar refractivity (Wildman–Crippen MR) is 41.7 cm³/mol. The summed E-state index contributed by atoms with van der Waals surface area (Å²) in [6, 6.07) is 0.615. The summed E-state index contributed by atoms with van der Waals surface area (Å²) in [6.45, 7) is 4.42. The van der Waals surface area contributed by atoms with E-state index in [0.29, 0.717) is 0 Å². The smallest absolute Gasteiger partial charge is 0.320 e. The Morgan fingerprint density at radius 2 is 2.30 bits per heavy atom. The lowest BCUT2D eigenvalue weighted by Gasteiger charge is -2.10. The molecule has 0 aliphatic carbocycles. The lowest BCUT2D eigenvalue weighted by atomic mass is 10.4. The van der Waals surface area contributed by atoms with E-state index in [2.05, 4.69) is 18.4 Å². The third-order valence-electron chi connectivity index (χ3n) is 1.88. The first-order chi connectivity index (χ1) is 4.51. The average molecular weight is 159 g/mol. The van der Waals surface area contributed by atoms with Crippen molar-refractivity contribution in [1.29, 1.82) is 0 Å². The van der Waals surface area contributed by atoms with Crippen molar-refractivity contribution in [2.45, 2.75) is 25.2 Å². The molecule has 1 fully saturated rings. The first-order valence-corrected chi connectivity index (χ1v) is 6.89. The van der Waals surface area contributed by atoms with Crippen molar-refractivity contribution in [2.24, 2.45) is 0 Å². The minimum absolute atomic E-state index is 0.262. The topological polar surface area (TPSA) is 49.3 Å². The Morgan fingerprint density at radius 1 is 1.70 bits per heavy atom. The van der Waals surface area contributed by atoms with Crippen LogP contribution in [0.1, 0.15) is 0 Å². The summed E-state index contributed by atoms with van der Waals surface area (Å²) in [7, 11) is -1.16. The highest BCUT2D eigenvalue weighted by Crippen LogP contribution is 2.17. The molecular formula is C6H13NO2Si. The number of hydrogen-bond acceptors (Lipinski definition) is 2. The predicted octanol–water partition coefficient (Wildman–Crippen LogP) is 0.290. The van der Waals surface area contributed by atoms with E-state index in [1.54, 1.807) is 0 Å². The molecule has 1 heterocycles. The monoisotopic (exact) mass is 159 g/mol. The fraction of sp³-hybridized carbons (Fsp3) is 0.833. The number of carbonyl (C=O) groups is 1. The first kappa shape index (κ1) is 7.75. The summed E-state index contributed by atoms with van der Waals surface area (Å²) in [4.78, 5) is 10.4. The van der Waals surface area contributed by atoms with Crippen LogP contribution in [0.2, 0.25) is 19.1 Å². The van der Waals surface area contributed by atoms with Gasteiger partial charge in [0.05, 0.1) is 8.07 Å². The molecule has 0 spiro atoms. The number of carboxylic acid groups (broad SMARTS) is 1. The van der Waals surface area contributed by atoms with Gasteiger partial charge in [0.2, 0.25) is 0 Å². The highest BCUT2D eigenvalue weighted by molar-refractivity contribution is 6.78. The third kappa shape index (κ3) is 1.57. The lowest BCUT2D eigenvalue weighted by Crippen LogP contribution is -2.30. The van der Waals surface area contributed by atoms with E-state index in [0.717, 1.165) is 12.2 Å². The molecule has 0 aromatic heterocycles. The van der Waals surface area contributed by atoms with Gasteiger partial charge in [0, 0.05) is 0 Å².